The van der Waals surface area contributed by atoms with Gasteiger partial charge in [-0.3, -0.25) is 4.72 Å². The van der Waals surface area contributed by atoms with E-state index < -0.39 is 15.8 Å². The van der Waals surface area contributed by atoms with Gasteiger partial charge in [0, 0.05) is 21.4 Å². The van der Waals surface area contributed by atoms with Gasteiger partial charge in [0.1, 0.15) is 5.82 Å². The molecule has 0 aliphatic heterocycles. The molecule has 0 amide bonds. The molecule has 0 atom stereocenters. The first-order valence-corrected chi connectivity index (χ1v) is 7.91. The van der Waals surface area contributed by atoms with Gasteiger partial charge in [-0.1, -0.05) is 22.0 Å². The molecule has 0 bridgehead atoms. The predicted molar refractivity (Wildman–Crippen MR) is 80.5 cm³/mol. The van der Waals surface area contributed by atoms with Gasteiger partial charge in [-0.05, 0) is 37.3 Å². The summed E-state index contributed by atoms with van der Waals surface area (Å²) in [5, 5.41) is 0. The lowest BCUT2D eigenvalue weighted by atomic mass is 10.2. The van der Waals surface area contributed by atoms with Crippen molar-refractivity contribution in [2.75, 3.05) is 10.5 Å². The lowest BCUT2D eigenvalue weighted by molar-refractivity contribution is 0.593. The molecule has 106 valence electrons. The van der Waals surface area contributed by atoms with Gasteiger partial charge in [0.15, 0.2) is 0 Å². The number of sulfonamides is 1. The van der Waals surface area contributed by atoms with Crippen molar-refractivity contribution in [3.05, 3.63) is 52.3 Å². The van der Waals surface area contributed by atoms with E-state index in [9.17, 15) is 12.8 Å². The Balaban J connectivity index is 2.41. The number of nitrogen functional groups attached to an aromatic ring is 1. The molecule has 0 saturated heterocycles. The van der Waals surface area contributed by atoms with Gasteiger partial charge >= 0.3 is 0 Å². The molecule has 0 aliphatic rings. The molecular formula is C13H12BrFN2O2S. The summed E-state index contributed by atoms with van der Waals surface area (Å²) in [6, 6.07) is 8.83. The topological polar surface area (TPSA) is 72.2 Å². The van der Waals surface area contributed by atoms with E-state index in [4.69, 9.17) is 5.73 Å². The standard InChI is InChI=1S/C13H12BrFN2O2S/c1-8-12(15)6-11(7-13(8)16)20(18,19)17-10-4-2-3-9(14)5-10/h2-7,17H,16H2,1H3. The summed E-state index contributed by atoms with van der Waals surface area (Å²) in [5.74, 6) is -0.653. The van der Waals surface area contributed by atoms with E-state index >= 15 is 0 Å². The Labute approximate surface area is 125 Å². The van der Waals surface area contributed by atoms with E-state index in [-0.39, 0.29) is 16.1 Å². The maximum Gasteiger partial charge on any atom is 0.262 e. The molecule has 20 heavy (non-hydrogen) atoms. The van der Waals surface area contributed by atoms with E-state index in [2.05, 4.69) is 20.7 Å². The second kappa shape index (κ2) is 5.41. The van der Waals surface area contributed by atoms with Crippen molar-refractivity contribution in [2.45, 2.75) is 11.8 Å². The summed E-state index contributed by atoms with van der Waals surface area (Å²) in [7, 11) is -3.88. The van der Waals surface area contributed by atoms with Crippen molar-refractivity contribution in [2.24, 2.45) is 0 Å². The highest BCUT2D eigenvalue weighted by atomic mass is 79.9. The summed E-state index contributed by atoms with van der Waals surface area (Å²) in [6.07, 6.45) is 0. The van der Waals surface area contributed by atoms with Gasteiger partial charge in [0.05, 0.1) is 4.90 Å². The van der Waals surface area contributed by atoms with Crippen LogP contribution in [0.1, 0.15) is 5.56 Å². The second-order valence-corrected chi connectivity index (χ2v) is 6.83. The Bertz CT molecular complexity index is 740. The molecule has 0 heterocycles. The Morgan fingerprint density at radius 2 is 1.95 bits per heavy atom. The van der Waals surface area contributed by atoms with Crippen molar-refractivity contribution in [3.8, 4) is 0 Å². The van der Waals surface area contributed by atoms with Crippen molar-refractivity contribution in [3.63, 3.8) is 0 Å². The summed E-state index contributed by atoms with van der Waals surface area (Å²) < 4.78 is 41.1. The van der Waals surface area contributed by atoms with Crippen LogP contribution in [0.2, 0.25) is 0 Å². The van der Waals surface area contributed by atoms with Gasteiger partial charge in [-0.2, -0.15) is 0 Å². The van der Waals surface area contributed by atoms with Crippen molar-refractivity contribution in [1.29, 1.82) is 0 Å². The largest absolute Gasteiger partial charge is 0.398 e. The SMILES string of the molecule is Cc1c(N)cc(S(=O)(=O)Nc2cccc(Br)c2)cc1F. The van der Waals surface area contributed by atoms with Crippen LogP contribution in [0, 0.1) is 12.7 Å². The van der Waals surface area contributed by atoms with Crippen molar-refractivity contribution in [1.82, 2.24) is 0 Å². The monoisotopic (exact) mass is 358 g/mol. The van der Waals surface area contributed by atoms with E-state index in [1.165, 1.54) is 13.0 Å². The van der Waals surface area contributed by atoms with E-state index in [1.54, 1.807) is 24.3 Å². The van der Waals surface area contributed by atoms with Crippen molar-refractivity contribution < 1.29 is 12.8 Å². The lowest BCUT2D eigenvalue weighted by Gasteiger charge is -2.10. The number of nitrogens with one attached hydrogen (secondary N) is 1. The fourth-order valence-corrected chi connectivity index (χ4v) is 3.09. The molecule has 4 nitrogen and oxygen atoms in total. The maximum absolute atomic E-state index is 13.6. The maximum atomic E-state index is 13.6. The van der Waals surface area contributed by atoms with Crippen LogP contribution in [-0.2, 0) is 10.0 Å². The zero-order valence-corrected chi connectivity index (χ0v) is 12.9. The second-order valence-electron chi connectivity index (χ2n) is 4.24. The highest BCUT2D eigenvalue weighted by Gasteiger charge is 2.17. The summed E-state index contributed by atoms with van der Waals surface area (Å²) in [6.45, 7) is 1.49. The highest BCUT2D eigenvalue weighted by Crippen LogP contribution is 2.24. The first-order valence-electron chi connectivity index (χ1n) is 5.63. The molecule has 0 aliphatic carbocycles. The van der Waals surface area contributed by atoms with Gasteiger partial charge in [-0.15, -0.1) is 0 Å². The van der Waals surface area contributed by atoms with E-state index in [0.29, 0.717) is 5.69 Å². The fourth-order valence-electron chi connectivity index (χ4n) is 1.60. The van der Waals surface area contributed by atoms with Crippen LogP contribution in [0.3, 0.4) is 0 Å². The zero-order valence-electron chi connectivity index (χ0n) is 10.5. The van der Waals surface area contributed by atoms with Crippen LogP contribution in [0.4, 0.5) is 15.8 Å². The summed E-state index contributed by atoms with van der Waals surface area (Å²) in [5.41, 5.74) is 6.29. The average Bonchev–Trinajstić information content (AvgIpc) is 2.34. The lowest BCUT2D eigenvalue weighted by Crippen LogP contribution is -2.14. The Hall–Kier alpha value is -1.60. The van der Waals surface area contributed by atoms with Crippen LogP contribution in [0.5, 0.6) is 0 Å². The normalized spacial score (nSPS) is 11.3. The van der Waals surface area contributed by atoms with Gasteiger partial charge in [0.25, 0.3) is 10.0 Å². The third-order valence-electron chi connectivity index (χ3n) is 2.75. The number of hydrogen-bond acceptors (Lipinski definition) is 3. The predicted octanol–water partition coefficient (Wildman–Crippen LogP) is 3.28. The molecule has 0 radical (unpaired) electrons. The number of rotatable bonds is 3. The van der Waals surface area contributed by atoms with E-state index in [1.807, 2.05) is 0 Å². The third kappa shape index (κ3) is 3.10. The Kier molecular flexibility index (Phi) is 4.01. The fraction of sp³-hybridized carbons (Fsp3) is 0.0769. The number of halogens is 2. The van der Waals surface area contributed by atoms with Crippen LogP contribution >= 0.6 is 15.9 Å². The molecule has 2 aromatic rings. The average molecular weight is 359 g/mol. The van der Waals surface area contributed by atoms with Crippen LogP contribution < -0.4 is 10.5 Å². The minimum Gasteiger partial charge on any atom is -0.398 e. The minimum atomic E-state index is -3.88. The van der Waals surface area contributed by atoms with Gasteiger partial charge in [-0.25, -0.2) is 12.8 Å². The minimum absolute atomic E-state index is 0.0969. The Morgan fingerprint density at radius 1 is 1.25 bits per heavy atom. The molecule has 0 saturated carbocycles. The number of hydrogen-bond donors (Lipinski definition) is 2. The molecule has 0 aromatic heterocycles. The molecule has 3 N–H and O–H groups in total. The molecular weight excluding hydrogens is 347 g/mol. The third-order valence-corrected chi connectivity index (χ3v) is 4.60. The van der Waals surface area contributed by atoms with Crippen molar-refractivity contribution >= 4 is 37.3 Å². The van der Waals surface area contributed by atoms with E-state index in [0.717, 1.165) is 10.5 Å². The number of nitrogens with two attached hydrogens (primary N) is 1. The molecule has 0 spiro atoms. The van der Waals surface area contributed by atoms with Gasteiger partial charge < -0.3 is 5.73 Å². The first kappa shape index (κ1) is 14.8. The highest BCUT2D eigenvalue weighted by molar-refractivity contribution is 9.10. The molecule has 0 fully saturated rings. The quantitative estimate of drug-likeness (QED) is 0.827. The smallest absolute Gasteiger partial charge is 0.262 e. The molecule has 2 rings (SSSR count). The van der Waals surface area contributed by atoms with Crippen LogP contribution in [-0.4, -0.2) is 8.42 Å². The number of anilines is 2. The Morgan fingerprint density at radius 3 is 2.55 bits per heavy atom. The summed E-state index contributed by atoms with van der Waals surface area (Å²) in [4.78, 5) is -0.210. The van der Waals surface area contributed by atoms with Crippen LogP contribution in [0.25, 0.3) is 0 Å². The zero-order chi connectivity index (χ0) is 14.9. The van der Waals surface area contributed by atoms with Gasteiger partial charge in [0.2, 0.25) is 0 Å². The summed E-state index contributed by atoms with van der Waals surface area (Å²) >= 11 is 3.24. The van der Waals surface area contributed by atoms with Crippen LogP contribution in [0.15, 0.2) is 45.8 Å². The number of benzene rings is 2. The molecule has 0 unspecified atom stereocenters. The first-order chi connectivity index (χ1) is 9.29. The molecule has 2 aromatic carbocycles. The molecule has 7 heteroatoms.